The molecular weight excluding hydrogens is 231 g/mol. The fraction of sp³-hybridized carbons (Fsp3) is 0.182. The Morgan fingerprint density at radius 1 is 1.29 bits per heavy atom. The zero-order chi connectivity index (χ0) is 12.6. The SMILES string of the molecule is Cc1cc(N)ccc1-n1cc(C(F)(F)F)cn1. The molecule has 0 aliphatic heterocycles. The van der Waals surface area contributed by atoms with Crippen LogP contribution in [0.2, 0.25) is 0 Å². The largest absolute Gasteiger partial charge is 0.419 e. The van der Waals surface area contributed by atoms with Gasteiger partial charge in [-0.05, 0) is 30.7 Å². The summed E-state index contributed by atoms with van der Waals surface area (Å²) in [5.74, 6) is 0. The number of anilines is 1. The summed E-state index contributed by atoms with van der Waals surface area (Å²) in [5.41, 5.74) is 6.71. The molecule has 6 heteroatoms. The second kappa shape index (κ2) is 3.80. The molecule has 3 nitrogen and oxygen atoms in total. The summed E-state index contributed by atoms with van der Waals surface area (Å²) in [6.07, 6.45) is -2.62. The molecule has 0 saturated heterocycles. The van der Waals surface area contributed by atoms with Crippen LogP contribution in [0.15, 0.2) is 30.6 Å². The molecule has 1 heterocycles. The number of halogens is 3. The maximum atomic E-state index is 12.4. The summed E-state index contributed by atoms with van der Waals surface area (Å²) in [6, 6.07) is 4.94. The fourth-order valence-electron chi connectivity index (χ4n) is 1.54. The zero-order valence-electron chi connectivity index (χ0n) is 8.99. The highest BCUT2D eigenvalue weighted by atomic mass is 19.4. The molecule has 0 aliphatic rings. The molecule has 0 unspecified atom stereocenters. The maximum Gasteiger partial charge on any atom is 0.419 e. The van der Waals surface area contributed by atoms with E-state index in [2.05, 4.69) is 5.10 Å². The van der Waals surface area contributed by atoms with Crippen molar-refractivity contribution in [2.75, 3.05) is 5.73 Å². The van der Waals surface area contributed by atoms with E-state index in [4.69, 9.17) is 5.73 Å². The molecule has 0 spiro atoms. The van der Waals surface area contributed by atoms with Gasteiger partial charge < -0.3 is 5.73 Å². The van der Waals surface area contributed by atoms with Crippen molar-refractivity contribution in [1.29, 1.82) is 0 Å². The van der Waals surface area contributed by atoms with Gasteiger partial charge in [-0.3, -0.25) is 0 Å². The lowest BCUT2D eigenvalue weighted by molar-refractivity contribution is -0.137. The van der Waals surface area contributed by atoms with Gasteiger partial charge in [-0.1, -0.05) is 0 Å². The van der Waals surface area contributed by atoms with Gasteiger partial charge in [0, 0.05) is 11.9 Å². The molecule has 1 aromatic heterocycles. The van der Waals surface area contributed by atoms with Gasteiger partial charge in [0.1, 0.15) is 0 Å². The van der Waals surface area contributed by atoms with Gasteiger partial charge in [-0.15, -0.1) is 0 Å². The van der Waals surface area contributed by atoms with E-state index in [1.54, 1.807) is 25.1 Å². The number of nitrogen functional groups attached to an aromatic ring is 1. The Morgan fingerprint density at radius 3 is 2.53 bits per heavy atom. The Hall–Kier alpha value is -1.98. The van der Waals surface area contributed by atoms with E-state index in [9.17, 15) is 13.2 Å². The van der Waals surface area contributed by atoms with Crippen molar-refractivity contribution in [2.24, 2.45) is 0 Å². The van der Waals surface area contributed by atoms with Crippen LogP contribution in [0.25, 0.3) is 5.69 Å². The van der Waals surface area contributed by atoms with Crippen LogP contribution in [0.4, 0.5) is 18.9 Å². The zero-order valence-corrected chi connectivity index (χ0v) is 8.99. The number of aryl methyl sites for hydroxylation is 1. The van der Waals surface area contributed by atoms with Gasteiger partial charge in [-0.25, -0.2) is 4.68 Å². The van der Waals surface area contributed by atoms with Crippen LogP contribution in [0.5, 0.6) is 0 Å². The molecule has 17 heavy (non-hydrogen) atoms. The predicted octanol–water partition coefficient (Wildman–Crippen LogP) is 2.78. The van der Waals surface area contributed by atoms with Gasteiger partial charge in [0.15, 0.2) is 0 Å². The van der Waals surface area contributed by atoms with Crippen molar-refractivity contribution in [3.8, 4) is 5.69 Å². The van der Waals surface area contributed by atoms with Crippen LogP contribution in [-0.4, -0.2) is 9.78 Å². The molecule has 0 bridgehead atoms. The van der Waals surface area contributed by atoms with Gasteiger partial charge in [0.05, 0.1) is 17.4 Å². The minimum atomic E-state index is -4.38. The Balaban J connectivity index is 2.44. The summed E-state index contributed by atoms with van der Waals surface area (Å²) in [5, 5.41) is 3.70. The Kier molecular flexibility index (Phi) is 2.57. The molecule has 0 aliphatic carbocycles. The van der Waals surface area contributed by atoms with Gasteiger partial charge >= 0.3 is 6.18 Å². The third kappa shape index (κ3) is 2.25. The number of benzene rings is 1. The molecule has 2 aromatic rings. The van der Waals surface area contributed by atoms with E-state index in [0.717, 1.165) is 18.0 Å². The number of nitrogens with two attached hydrogens (primary N) is 1. The second-order valence-corrected chi connectivity index (χ2v) is 3.72. The molecule has 0 amide bonds. The fourth-order valence-corrected chi connectivity index (χ4v) is 1.54. The van der Waals surface area contributed by atoms with E-state index >= 15 is 0 Å². The number of hydrogen-bond donors (Lipinski definition) is 1. The van der Waals surface area contributed by atoms with Crippen molar-refractivity contribution in [1.82, 2.24) is 9.78 Å². The van der Waals surface area contributed by atoms with Gasteiger partial charge in [-0.2, -0.15) is 18.3 Å². The van der Waals surface area contributed by atoms with Crippen LogP contribution >= 0.6 is 0 Å². The minimum absolute atomic E-state index is 0.564. The molecule has 90 valence electrons. The standard InChI is InChI=1S/C11H10F3N3/c1-7-4-9(15)2-3-10(7)17-6-8(5-16-17)11(12,13)14/h2-6H,15H2,1H3. The van der Waals surface area contributed by atoms with Crippen molar-refractivity contribution in [2.45, 2.75) is 13.1 Å². The Morgan fingerprint density at radius 2 is 2.00 bits per heavy atom. The van der Waals surface area contributed by atoms with Crippen LogP contribution in [-0.2, 0) is 6.18 Å². The highest BCUT2D eigenvalue weighted by molar-refractivity contribution is 5.50. The molecule has 0 atom stereocenters. The Labute approximate surface area is 95.7 Å². The van der Waals surface area contributed by atoms with Crippen molar-refractivity contribution < 1.29 is 13.2 Å². The highest BCUT2D eigenvalue weighted by Crippen LogP contribution is 2.29. The molecule has 2 N–H and O–H groups in total. The molecule has 0 saturated carbocycles. The highest BCUT2D eigenvalue weighted by Gasteiger charge is 2.32. The van der Waals surface area contributed by atoms with E-state index < -0.39 is 11.7 Å². The van der Waals surface area contributed by atoms with Crippen molar-refractivity contribution in [3.05, 3.63) is 41.7 Å². The third-order valence-electron chi connectivity index (χ3n) is 2.38. The average Bonchev–Trinajstić information content (AvgIpc) is 2.65. The quantitative estimate of drug-likeness (QED) is 0.780. The molecule has 1 aromatic carbocycles. The lowest BCUT2D eigenvalue weighted by Crippen LogP contribution is -2.03. The molecule has 0 fully saturated rings. The van der Waals surface area contributed by atoms with E-state index in [1.807, 2.05) is 0 Å². The van der Waals surface area contributed by atoms with Crippen molar-refractivity contribution >= 4 is 5.69 Å². The molecular formula is C11H10F3N3. The lowest BCUT2D eigenvalue weighted by Gasteiger charge is -2.06. The smallest absolute Gasteiger partial charge is 0.399 e. The monoisotopic (exact) mass is 241 g/mol. The first kappa shape index (κ1) is 11.5. The summed E-state index contributed by atoms with van der Waals surface area (Å²) in [7, 11) is 0. The summed E-state index contributed by atoms with van der Waals surface area (Å²) in [4.78, 5) is 0. The summed E-state index contributed by atoms with van der Waals surface area (Å²) >= 11 is 0. The maximum absolute atomic E-state index is 12.4. The first-order valence-corrected chi connectivity index (χ1v) is 4.86. The summed E-state index contributed by atoms with van der Waals surface area (Å²) in [6.45, 7) is 1.76. The number of rotatable bonds is 1. The number of alkyl halides is 3. The van der Waals surface area contributed by atoms with Gasteiger partial charge in [0.25, 0.3) is 0 Å². The van der Waals surface area contributed by atoms with Crippen molar-refractivity contribution in [3.63, 3.8) is 0 Å². The molecule has 0 radical (unpaired) electrons. The second-order valence-electron chi connectivity index (χ2n) is 3.72. The number of hydrogen-bond acceptors (Lipinski definition) is 2. The first-order valence-electron chi connectivity index (χ1n) is 4.86. The van der Waals surface area contributed by atoms with Gasteiger partial charge in [0.2, 0.25) is 0 Å². The predicted molar refractivity (Wildman–Crippen MR) is 57.7 cm³/mol. The first-order chi connectivity index (χ1) is 7.88. The summed E-state index contributed by atoms with van der Waals surface area (Å²) < 4.78 is 38.4. The van der Waals surface area contributed by atoms with Crippen LogP contribution in [0, 0.1) is 6.92 Å². The normalized spacial score (nSPS) is 11.8. The third-order valence-corrected chi connectivity index (χ3v) is 2.38. The van der Waals surface area contributed by atoms with E-state index in [0.29, 0.717) is 11.4 Å². The van der Waals surface area contributed by atoms with E-state index in [1.165, 1.54) is 4.68 Å². The topological polar surface area (TPSA) is 43.8 Å². The average molecular weight is 241 g/mol. The minimum Gasteiger partial charge on any atom is -0.399 e. The molecule has 2 rings (SSSR count). The Bertz CT molecular complexity index is 543. The van der Waals surface area contributed by atoms with E-state index in [-0.39, 0.29) is 0 Å². The number of aromatic nitrogens is 2. The van der Waals surface area contributed by atoms with Crippen LogP contribution < -0.4 is 5.73 Å². The van der Waals surface area contributed by atoms with Crippen LogP contribution in [0.3, 0.4) is 0 Å². The van der Waals surface area contributed by atoms with Crippen LogP contribution in [0.1, 0.15) is 11.1 Å². The number of nitrogens with zero attached hydrogens (tertiary/aromatic N) is 2. The lowest BCUT2D eigenvalue weighted by atomic mass is 10.2.